The van der Waals surface area contributed by atoms with E-state index in [1.54, 1.807) is 9.58 Å². The van der Waals surface area contributed by atoms with E-state index in [9.17, 15) is 14.4 Å². The highest BCUT2D eigenvalue weighted by molar-refractivity contribution is 5.99. The summed E-state index contributed by atoms with van der Waals surface area (Å²) in [4.78, 5) is 50.7. The van der Waals surface area contributed by atoms with Gasteiger partial charge in [-0.15, -0.1) is 0 Å². The lowest BCUT2D eigenvalue weighted by molar-refractivity contribution is 0.0689. The van der Waals surface area contributed by atoms with Crippen molar-refractivity contribution in [3.8, 4) is 0 Å². The minimum atomic E-state index is -1.11. The number of nitrogens with zero attached hydrogens (tertiary/aromatic N) is 5. The van der Waals surface area contributed by atoms with Crippen molar-refractivity contribution < 1.29 is 19.5 Å². The van der Waals surface area contributed by atoms with E-state index < -0.39 is 11.5 Å². The summed E-state index contributed by atoms with van der Waals surface area (Å²) in [5, 5.41) is 17.4. The van der Waals surface area contributed by atoms with Crippen LogP contribution in [0, 0.1) is 0 Å². The van der Waals surface area contributed by atoms with Gasteiger partial charge in [-0.1, -0.05) is 18.2 Å². The number of aromatic amines is 1. The monoisotopic (exact) mass is 471 g/mol. The van der Waals surface area contributed by atoms with Gasteiger partial charge < -0.3 is 20.3 Å². The summed E-state index contributed by atoms with van der Waals surface area (Å²) in [6.07, 6.45) is 5.31. The van der Waals surface area contributed by atoms with Crippen LogP contribution in [0.3, 0.4) is 0 Å². The molecule has 0 radical (unpaired) electrons. The Labute approximate surface area is 198 Å². The predicted octanol–water partition coefficient (Wildman–Crippen LogP) is 1.93. The molecule has 0 unspecified atom stereocenters. The highest BCUT2D eigenvalue weighted by Gasteiger charge is 2.49. The van der Waals surface area contributed by atoms with Crippen LogP contribution in [0.4, 0.5) is 0 Å². The first-order valence-electron chi connectivity index (χ1n) is 11.2. The fourth-order valence-electron chi connectivity index (χ4n) is 4.47. The highest BCUT2D eigenvalue weighted by Crippen LogP contribution is 2.44. The number of rotatable bonds is 5. The van der Waals surface area contributed by atoms with E-state index in [1.807, 2.05) is 30.3 Å². The average Bonchev–Trinajstić information content (AvgIpc) is 3.33. The number of nitrogens with one attached hydrogen (secondary N) is 2. The number of hydrogen-bond acceptors (Lipinski definition) is 6. The van der Waals surface area contributed by atoms with Gasteiger partial charge in [0.2, 0.25) is 0 Å². The van der Waals surface area contributed by atoms with E-state index in [0.717, 1.165) is 10.9 Å². The lowest BCUT2D eigenvalue weighted by Crippen LogP contribution is -2.40. The Hall–Kier alpha value is -4.54. The Balaban J connectivity index is 1.21. The fourth-order valence-corrected chi connectivity index (χ4v) is 4.47. The number of carbonyl (C=O) groups is 3. The third-order valence-corrected chi connectivity index (χ3v) is 6.59. The molecule has 3 N–H and O–H groups in total. The quantitative estimate of drug-likeness (QED) is 0.403. The van der Waals surface area contributed by atoms with Gasteiger partial charge in [-0.05, 0) is 25.0 Å². The summed E-state index contributed by atoms with van der Waals surface area (Å²) in [6, 6.07) is 9.54. The fraction of sp³-hybridized carbons (Fsp3) is 0.250. The van der Waals surface area contributed by atoms with Crippen molar-refractivity contribution in [2.45, 2.75) is 31.5 Å². The molecule has 3 aromatic heterocycles. The second-order valence-corrected chi connectivity index (χ2v) is 8.86. The topological polar surface area (TPSA) is 146 Å². The summed E-state index contributed by atoms with van der Waals surface area (Å²) < 4.78 is 1.75. The van der Waals surface area contributed by atoms with Crippen LogP contribution in [-0.4, -0.2) is 59.1 Å². The number of carbonyl (C=O) groups excluding carboxylic acids is 2. The van der Waals surface area contributed by atoms with Gasteiger partial charge in [-0.2, -0.15) is 5.10 Å². The number of carboxylic acid groups (broad SMARTS) is 1. The van der Waals surface area contributed by atoms with E-state index in [-0.39, 0.29) is 23.9 Å². The zero-order chi connectivity index (χ0) is 24.2. The molecule has 11 nitrogen and oxygen atoms in total. The Kier molecular flexibility index (Phi) is 4.66. The van der Waals surface area contributed by atoms with Gasteiger partial charge in [0.15, 0.2) is 5.82 Å². The molecule has 0 atom stereocenters. The minimum Gasteiger partial charge on any atom is -0.478 e. The van der Waals surface area contributed by atoms with Gasteiger partial charge in [0.1, 0.15) is 11.2 Å². The number of aromatic carboxylic acids is 1. The summed E-state index contributed by atoms with van der Waals surface area (Å²) in [7, 11) is 0. The normalized spacial score (nSPS) is 16.1. The number of hydrogen-bond donors (Lipinski definition) is 3. The number of fused-ring (bicyclic) bond motifs is 2. The first-order valence-corrected chi connectivity index (χ1v) is 11.2. The number of benzene rings is 1. The van der Waals surface area contributed by atoms with Crippen molar-refractivity contribution in [2.75, 3.05) is 6.54 Å². The summed E-state index contributed by atoms with van der Waals surface area (Å²) in [5.74, 6) is -1.18. The lowest BCUT2D eigenvalue weighted by atomic mass is 10.1. The second kappa shape index (κ2) is 7.76. The van der Waals surface area contributed by atoms with E-state index in [2.05, 4.69) is 25.4 Å². The molecule has 2 amide bonds. The number of carboxylic acids is 1. The van der Waals surface area contributed by atoms with Crippen molar-refractivity contribution in [2.24, 2.45) is 0 Å². The van der Waals surface area contributed by atoms with Gasteiger partial charge in [0, 0.05) is 29.8 Å². The Morgan fingerprint density at radius 1 is 1.06 bits per heavy atom. The van der Waals surface area contributed by atoms with E-state index in [4.69, 9.17) is 5.11 Å². The standard InChI is InChI=1S/C24H21N7O4/c32-20(29-24(5-6-24)23-25-10-15(11-26-23)22(34)35)16-12-27-31-8-7-30(13-19(16)31)21(33)18-9-14-3-1-2-4-17(14)28-18/h1-4,9-12,28H,5-8,13H2,(H,29,32)(H,34,35). The zero-order valence-corrected chi connectivity index (χ0v) is 18.6. The van der Waals surface area contributed by atoms with Crippen molar-refractivity contribution >= 4 is 28.7 Å². The Bertz CT molecular complexity index is 1450. The number of para-hydroxylation sites is 1. The largest absolute Gasteiger partial charge is 0.478 e. The average molecular weight is 471 g/mol. The lowest BCUT2D eigenvalue weighted by Gasteiger charge is -2.28. The molecule has 1 aliphatic carbocycles. The summed E-state index contributed by atoms with van der Waals surface area (Å²) in [6.45, 7) is 1.23. The molecule has 0 bridgehead atoms. The zero-order valence-electron chi connectivity index (χ0n) is 18.6. The third-order valence-electron chi connectivity index (χ3n) is 6.59. The van der Waals surface area contributed by atoms with Gasteiger partial charge >= 0.3 is 5.97 Å². The van der Waals surface area contributed by atoms with Crippen LogP contribution in [0.15, 0.2) is 48.9 Å². The van der Waals surface area contributed by atoms with Gasteiger partial charge in [0.25, 0.3) is 11.8 Å². The van der Waals surface area contributed by atoms with Crippen LogP contribution in [0.25, 0.3) is 10.9 Å². The first kappa shape index (κ1) is 21.0. The Morgan fingerprint density at radius 2 is 1.83 bits per heavy atom. The molecule has 176 valence electrons. The summed E-state index contributed by atoms with van der Waals surface area (Å²) in [5.41, 5.74) is 1.72. The molecule has 1 aliphatic heterocycles. The molecular formula is C24H21N7O4. The molecule has 35 heavy (non-hydrogen) atoms. The van der Waals surface area contributed by atoms with Gasteiger partial charge in [-0.3, -0.25) is 14.3 Å². The third kappa shape index (κ3) is 3.61. The van der Waals surface area contributed by atoms with Crippen molar-refractivity contribution in [1.29, 1.82) is 0 Å². The molecule has 4 aromatic rings. The smallest absolute Gasteiger partial charge is 0.338 e. The highest BCUT2D eigenvalue weighted by atomic mass is 16.4. The maximum absolute atomic E-state index is 13.2. The van der Waals surface area contributed by atoms with Gasteiger partial charge in [0.05, 0.1) is 36.1 Å². The van der Waals surface area contributed by atoms with Crippen LogP contribution < -0.4 is 5.32 Å². The molecule has 0 spiro atoms. The van der Waals surface area contributed by atoms with E-state index >= 15 is 0 Å². The molecule has 1 fully saturated rings. The second-order valence-electron chi connectivity index (χ2n) is 8.86. The maximum atomic E-state index is 13.2. The minimum absolute atomic E-state index is 0.0127. The maximum Gasteiger partial charge on any atom is 0.338 e. The molecule has 0 saturated heterocycles. The van der Waals surface area contributed by atoms with Crippen LogP contribution in [0.1, 0.15) is 55.6 Å². The van der Waals surface area contributed by atoms with Crippen molar-refractivity contribution in [1.82, 2.24) is 34.9 Å². The van der Waals surface area contributed by atoms with Crippen LogP contribution in [0.5, 0.6) is 0 Å². The van der Waals surface area contributed by atoms with Crippen molar-refractivity contribution in [3.05, 3.63) is 77.3 Å². The summed E-state index contributed by atoms with van der Waals surface area (Å²) >= 11 is 0. The first-order chi connectivity index (χ1) is 16.9. The molecular weight excluding hydrogens is 450 g/mol. The van der Waals surface area contributed by atoms with Gasteiger partial charge in [-0.25, -0.2) is 14.8 Å². The molecule has 2 aliphatic rings. The van der Waals surface area contributed by atoms with E-state index in [1.165, 1.54) is 18.6 Å². The molecule has 6 rings (SSSR count). The van der Waals surface area contributed by atoms with Crippen LogP contribution >= 0.6 is 0 Å². The SMILES string of the molecule is O=C(O)c1cnc(C2(NC(=O)c3cnn4c3CN(C(=O)c3cc5ccccc5[nH]3)CC4)CC2)nc1. The molecule has 1 aromatic carbocycles. The Morgan fingerprint density at radius 3 is 2.54 bits per heavy atom. The molecule has 1 saturated carbocycles. The van der Waals surface area contributed by atoms with Crippen LogP contribution in [0.2, 0.25) is 0 Å². The van der Waals surface area contributed by atoms with Crippen LogP contribution in [-0.2, 0) is 18.6 Å². The molecule has 11 heteroatoms. The number of aromatic nitrogens is 5. The number of H-pyrrole nitrogens is 1. The van der Waals surface area contributed by atoms with Crippen molar-refractivity contribution in [3.63, 3.8) is 0 Å². The molecule has 4 heterocycles. The number of amides is 2. The predicted molar refractivity (Wildman–Crippen MR) is 123 cm³/mol. The van der Waals surface area contributed by atoms with E-state index in [0.29, 0.717) is 48.7 Å².